The fraction of sp³-hybridized carbons (Fsp3) is 0.727. The molecule has 0 aromatic heterocycles. The second kappa shape index (κ2) is 34.2. The maximum absolute atomic E-state index is 12.8. The Morgan fingerprint density at radius 3 is 1.63 bits per heavy atom. The lowest BCUT2D eigenvalue weighted by molar-refractivity contribution is -0.297. The lowest BCUT2D eigenvalue weighted by Gasteiger charge is -2.40. The van der Waals surface area contributed by atoms with Crippen molar-refractivity contribution in [3.05, 3.63) is 60.8 Å². The van der Waals surface area contributed by atoms with E-state index in [-0.39, 0.29) is 19.4 Å². The summed E-state index contributed by atoms with van der Waals surface area (Å²) in [4.78, 5) is 25.3. The fourth-order valence-electron chi connectivity index (χ4n) is 6.06. The number of aliphatic hydroxyl groups is 3. The van der Waals surface area contributed by atoms with E-state index in [1.54, 1.807) is 0 Å². The van der Waals surface area contributed by atoms with E-state index in [1.807, 2.05) is 12.2 Å². The highest BCUT2D eigenvalue weighted by Gasteiger charge is 2.46. The second-order valence-corrected chi connectivity index (χ2v) is 16.1. The third kappa shape index (κ3) is 29.2. The van der Waals surface area contributed by atoms with Crippen LogP contribution in [0.3, 0.4) is 0 Å². The summed E-state index contributed by atoms with van der Waals surface area (Å²) in [7, 11) is -4.61. The van der Waals surface area contributed by atoms with Crippen LogP contribution in [-0.2, 0) is 38.7 Å². The molecule has 0 aromatic carbocycles. The Hall–Kier alpha value is -2.65. The molecule has 4 N–H and O–H groups in total. The third-order valence-electron chi connectivity index (χ3n) is 9.36. The molecule has 0 saturated carbocycles. The van der Waals surface area contributed by atoms with Crippen LogP contribution in [0, 0.1) is 0 Å². The van der Waals surface area contributed by atoms with Crippen LogP contribution >= 0.6 is 0 Å². The predicted octanol–water partition coefficient (Wildman–Crippen LogP) is 8.17. The molecular formula is C44H74O12S. The van der Waals surface area contributed by atoms with E-state index in [9.17, 15) is 37.9 Å². The Labute approximate surface area is 343 Å². The monoisotopic (exact) mass is 826 g/mol. The van der Waals surface area contributed by atoms with E-state index in [2.05, 4.69) is 62.5 Å². The Kier molecular flexibility index (Phi) is 31.5. The molecule has 328 valence electrons. The molecule has 0 spiro atoms. The summed E-state index contributed by atoms with van der Waals surface area (Å²) in [6, 6.07) is 0. The number of carbonyl (C=O) groups excluding carboxylic acids is 2. The van der Waals surface area contributed by atoms with Gasteiger partial charge in [-0.25, -0.2) is 0 Å². The van der Waals surface area contributed by atoms with Crippen LogP contribution in [0.5, 0.6) is 0 Å². The Morgan fingerprint density at radius 2 is 1.11 bits per heavy atom. The first-order valence-electron chi connectivity index (χ1n) is 21.3. The summed E-state index contributed by atoms with van der Waals surface area (Å²) in [5.74, 6) is -2.06. The topological polar surface area (TPSA) is 186 Å². The molecule has 13 heteroatoms. The van der Waals surface area contributed by atoms with E-state index in [4.69, 9.17) is 18.9 Å². The van der Waals surface area contributed by atoms with Crippen LogP contribution in [0.15, 0.2) is 60.8 Å². The van der Waals surface area contributed by atoms with Gasteiger partial charge in [0.1, 0.15) is 36.8 Å². The summed E-state index contributed by atoms with van der Waals surface area (Å²) >= 11 is 0. The second-order valence-electron chi connectivity index (χ2n) is 14.6. The number of carbonyl (C=O) groups is 2. The molecule has 57 heavy (non-hydrogen) atoms. The number of hydrogen-bond donors (Lipinski definition) is 4. The van der Waals surface area contributed by atoms with Crippen LogP contribution in [0.4, 0.5) is 0 Å². The number of hydrogen-bond acceptors (Lipinski definition) is 11. The van der Waals surface area contributed by atoms with Crippen LogP contribution in [0.25, 0.3) is 0 Å². The van der Waals surface area contributed by atoms with Gasteiger partial charge >= 0.3 is 11.9 Å². The molecule has 1 heterocycles. The first-order valence-corrected chi connectivity index (χ1v) is 23.0. The standard InChI is InChI=1S/C44H74O12S/c1-3-5-7-9-11-13-15-17-18-19-20-21-23-24-26-28-30-32-39(45)53-34-37(35-54-44-43(49)42(48)41(47)38(56-44)36-57(50,51)52)55-40(46)33-31-29-27-25-22-16-14-12-10-8-6-4-2/h5,7,11,13,17-18,20-21,24,26,37-38,41-44,47-49H,3-4,6,8-10,12,14-16,19,22-23,25,27-36H2,1-2H3,(H,50,51,52)/b7-5+,13-11+,18-17+,21-20+,26-24+/t37-,38-,41-,42?,43?,44+/m1/s1. The largest absolute Gasteiger partial charge is 0.462 e. The van der Waals surface area contributed by atoms with Gasteiger partial charge in [-0.15, -0.1) is 0 Å². The zero-order valence-corrected chi connectivity index (χ0v) is 35.5. The van der Waals surface area contributed by atoms with Crippen molar-refractivity contribution in [3.63, 3.8) is 0 Å². The van der Waals surface area contributed by atoms with Gasteiger partial charge in [-0.05, 0) is 51.4 Å². The summed E-state index contributed by atoms with van der Waals surface area (Å²) in [6.07, 6.45) is 31.3. The maximum atomic E-state index is 12.8. The van der Waals surface area contributed by atoms with Crippen LogP contribution in [-0.4, -0.2) is 96.0 Å². The molecule has 1 rings (SSSR count). The number of esters is 2. The van der Waals surface area contributed by atoms with Crippen LogP contribution in [0.1, 0.15) is 149 Å². The molecule has 0 bridgehead atoms. The number of allylic oxidation sites excluding steroid dienone is 10. The Bertz CT molecular complexity index is 1290. The SMILES string of the molecule is CC/C=C/C/C=C/C/C=C/C/C=C/C/C=C/CCCC(=O)OC[C@H](CO[C@H]1O[C@H](CS(=O)(=O)O)[C@@H](O)C(O)C1O)OC(=O)CCCCCCCCCCCCCC. The fourth-order valence-corrected chi connectivity index (χ4v) is 6.75. The van der Waals surface area contributed by atoms with Crippen LogP contribution < -0.4 is 0 Å². The highest BCUT2D eigenvalue weighted by Crippen LogP contribution is 2.24. The van der Waals surface area contributed by atoms with Gasteiger partial charge in [0.25, 0.3) is 10.1 Å². The smallest absolute Gasteiger partial charge is 0.306 e. The zero-order chi connectivity index (χ0) is 42.0. The van der Waals surface area contributed by atoms with Crippen molar-refractivity contribution >= 4 is 22.1 Å². The van der Waals surface area contributed by atoms with Crippen molar-refractivity contribution in [3.8, 4) is 0 Å². The Balaban J connectivity index is 2.52. The van der Waals surface area contributed by atoms with Gasteiger partial charge in [0.05, 0.1) is 6.61 Å². The van der Waals surface area contributed by atoms with E-state index < -0.39 is 71.2 Å². The van der Waals surface area contributed by atoms with Gasteiger partial charge in [-0.2, -0.15) is 8.42 Å². The Morgan fingerprint density at radius 1 is 0.614 bits per heavy atom. The lowest BCUT2D eigenvalue weighted by Crippen LogP contribution is -2.60. The van der Waals surface area contributed by atoms with Crippen molar-refractivity contribution in [2.24, 2.45) is 0 Å². The van der Waals surface area contributed by atoms with Gasteiger partial charge in [0.2, 0.25) is 0 Å². The maximum Gasteiger partial charge on any atom is 0.306 e. The minimum atomic E-state index is -4.61. The molecule has 1 aliphatic heterocycles. The van der Waals surface area contributed by atoms with Gasteiger partial charge in [-0.3, -0.25) is 14.1 Å². The first-order chi connectivity index (χ1) is 27.5. The number of aliphatic hydroxyl groups excluding tert-OH is 3. The van der Waals surface area contributed by atoms with E-state index in [0.717, 1.165) is 51.4 Å². The normalized spacial score (nSPS) is 21.1. The third-order valence-corrected chi connectivity index (χ3v) is 10.1. The molecule has 0 aromatic rings. The van der Waals surface area contributed by atoms with E-state index >= 15 is 0 Å². The highest BCUT2D eigenvalue weighted by atomic mass is 32.2. The minimum absolute atomic E-state index is 0.139. The van der Waals surface area contributed by atoms with Crippen molar-refractivity contribution in [2.45, 2.75) is 185 Å². The molecule has 6 atom stereocenters. The highest BCUT2D eigenvalue weighted by molar-refractivity contribution is 7.85. The van der Waals surface area contributed by atoms with Gasteiger partial charge in [-0.1, -0.05) is 145 Å². The summed E-state index contributed by atoms with van der Waals surface area (Å²) in [5.41, 5.74) is 0. The molecule has 12 nitrogen and oxygen atoms in total. The lowest BCUT2D eigenvalue weighted by atomic mass is 10.00. The average molecular weight is 827 g/mol. The van der Waals surface area contributed by atoms with E-state index in [1.165, 1.54) is 51.4 Å². The number of unbranched alkanes of at least 4 members (excludes halogenated alkanes) is 12. The molecule has 0 amide bonds. The number of ether oxygens (including phenoxy) is 4. The molecule has 0 radical (unpaired) electrons. The van der Waals surface area contributed by atoms with Crippen molar-refractivity contribution < 1.29 is 56.8 Å². The van der Waals surface area contributed by atoms with Gasteiger partial charge in [0.15, 0.2) is 12.4 Å². The zero-order valence-electron chi connectivity index (χ0n) is 34.7. The first kappa shape index (κ1) is 52.4. The average Bonchev–Trinajstić information content (AvgIpc) is 3.17. The van der Waals surface area contributed by atoms with Crippen molar-refractivity contribution in [1.29, 1.82) is 0 Å². The van der Waals surface area contributed by atoms with E-state index in [0.29, 0.717) is 19.3 Å². The van der Waals surface area contributed by atoms with Crippen LogP contribution in [0.2, 0.25) is 0 Å². The summed E-state index contributed by atoms with van der Waals surface area (Å²) in [6.45, 7) is 3.57. The van der Waals surface area contributed by atoms with Gasteiger partial charge < -0.3 is 34.3 Å². The summed E-state index contributed by atoms with van der Waals surface area (Å²) in [5, 5.41) is 30.8. The molecule has 0 aliphatic carbocycles. The predicted molar refractivity (Wildman–Crippen MR) is 224 cm³/mol. The molecule has 1 aliphatic rings. The van der Waals surface area contributed by atoms with Gasteiger partial charge in [0, 0.05) is 12.8 Å². The minimum Gasteiger partial charge on any atom is -0.462 e. The molecule has 1 fully saturated rings. The van der Waals surface area contributed by atoms with Crippen molar-refractivity contribution in [1.82, 2.24) is 0 Å². The summed E-state index contributed by atoms with van der Waals surface area (Å²) < 4.78 is 53.9. The number of rotatable bonds is 34. The van der Waals surface area contributed by atoms with Crippen molar-refractivity contribution in [2.75, 3.05) is 19.0 Å². The molecule has 1 saturated heterocycles. The molecular weight excluding hydrogens is 753 g/mol. The molecule has 2 unspecified atom stereocenters. The quantitative estimate of drug-likeness (QED) is 0.0211.